The number of aliphatic hydroxyl groups is 1. The first kappa shape index (κ1) is 25.2. The lowest BCUT2D eigenvalue weighted by molar-refractivity contribution is 0.103. The summed E-state index contributed by atoms with van der Waals surface area (Å²) in [7, 11) is 1.88. The number of unbranched alkanes of at least 4 members (excludes halogenated alkanes) is 1. The molecule has 0 saturated heterocycles. The molecule has 0 aliphatic carbocycles. The fourth-order valence-electron chi connectivity index (χ4n) is 3.99. The number of phenolic OH excluding ortho intramolecular Hbond substituents is 1. The van der Waals surface area contributed by atoms with Gasteiger partial charge in [0.05, 0.1) is 0 Å². The number of ether oxygens (including phenoxy) is 2. The van der Waals surface area contributed by atoms with Crippen LogP contribution in [0.4, 0.5) is 0 Å². The van der Waals surface area contributed by atoms with Gasteiger partial charge in [0, 0.05) is 18.6 Å². The van der Waals surface area contributed by atoms with Crippen LogP contribution in [-0.4, -0.2) is 48.8 Å². The van der Waals surface area contributed by atoms with E-state index in [9.17, 15) is 10.2 Å². The summed E-state index contributed by atoms with van der Waals surface area (Å²) in [6.07, 6.45) is 11.6. The molecule has 2 atom stereocenters. The number of benzene rings is 1. The molecule has 2 aliphatic rings. The average molecular weight is 455 g/mol. The number of aliphatic imine (C=N–C) groups is 1. The summed E-state index contributed by atoms with van der Waals surface area (Å²) in [4.78, 5) is 4.53. The van der Waals surface area contributed by atoms with Crippen LogP contribution in [0.2, 0.25) is 0 Å². The third-order valence-corrected chi connectivity index (χ3v) is 6.20. The van der Waals surface area contributed by atoms with Crippen LogP contribution >= 0.6 is 0 Å². The number of aryl methyl sites for hydroxylation is 1. The van der Waals surface area contributed by atoms with Crippen molar-refractivity contribution < 1.29 is 19.7 Å². The molecule has 0 bridgehead atoms. The van der Waals surface area contributed by atoms with Gasteiger partial charge in [0.1, 0.15) is 24.8 Å². The molecule has 6 nitrogen and oxygen atoms in total. The van der Waals surface area contributed by atoms with E-state index >= 15 is 0 Å². The molecule has 1 aromatic carbocycles. The largest absolute Gasteiger partial charge is 0.504 e. The summed E-state index contributed by atoms with van der Waals surface area (Å²) in [6.45, 7) is 6.86. The Bertz CT molecular complexity index is 862. The first-order chi connectivity index (χ1) is 15.9. The van der Waals surface area contributed by atoms with Gasteiger partial charge in [0.2, 0.25) is 0 Å². The molecule has 0 spiro atoms. The van der Waals surface area contributed by atoms with Gasteiger partial charge in [-0.3, -0.25) is 5.32 Å². The Kier molecular flexibility index (Phi) is 9.30. The Labute approximate surface area is 198 Å². The maximum Gasteiger partial charge on any atom is 0.196 e. The van der Waals surface area contributed by atoms with Gasteiger partial charge in [-0.05, 0) is 51.4 Å². The minimum absolute atomic E-state index is 0.00291. The first-order valence-corrected chi connectivity index (χ1v) is 12.0. The topological polar surface area (TPSA) is 83.3 Å². The van der Waals surface area contributed by atoms with E-state index < -0.39 is 0 Å². The summed E-state index contributed by atoms with van der Waals surface area (Å²) >= 11 is 0. The van der Waals surface area contributed by atoms with Crippen LogP contribution < -0.4 is 10.1 Å². The predicted molar refractivity (Wildman–Crippen MR) is 132 cm³/mol. The molecule has 0 radical (unpaired) electrons. The minimum atomic E-state index is -0.0647. The summed E-state index contributed by atoms with van der Waals surface area (Å²) in [6, 6.07) is 5.41. The molecule has 0 saturated carbocycles. The van der Waals surface area contributed by atoms with Crippen LogP contribution in [-0.2, 0) is 11.2 Å². The van der Waals surface area contributed by atoms with Crippen molar-refractivity contribution in [3.8, 4) is 11.5 Å². The highest BCUT2D eigenvalue weighted by Gasteiger charge is 2.30. The monoisotopic (exact) mass is 454 g/mol. The maximum atomic E-state index is 10.3. The van der Waals surface area contributed by atoms with Crippen LogP contribution in [0.15, 0.2) is 46.6 Å². The van der Waals surface area contributed by atoms with E-state index in [0.29, 0.717) is 18.3 Å². The lowest BCUT2D eigenvalue weighted by Gasteiger charge is -2.24. The van der Waals surface area contributed by atoms with E-state index in [0.717, 1.165) is 55.0 Å². The van der Waals surface area contributed by atoms with Crippen LogP contribution in [0.5, 0.6) is 11.5 Å². The number of hydrogen-bond acceptors (Lipinski definition) is 6. The lowest BCUT2D eigenvalue weighted by Crippen LogP contribution is -2.32. The van der Waals surface area contributed by atoms with Gasteiger partial charge in [-0.1, -0.05) is 38.4 Å². The van der Waals surface area contributed by atoms with Crippen LogP contribution in [0.3, 0.4) is 0 Å². The molecular weight excluding hydrogens is 416 g/mol. The predicted octanol–water partition coefficient (Wildman–Crippen LogP) is 4.53. The summed E-state index contributed by atoms with van der Waals surface area (Å²) < 4.78 is 12.1. The third-order valence-electron chi connectivity index (χ3n) is 6.20. The van der Waals surface area contributed by atoms with Crippen molar-refractivity contribution >= 4 is 6.21 Å². The van der Waals surface area contributed by atoms with E-state index in [2.05, 4.69) is 37.2 Å². The highest BCUT2D eigenvalue weighted by molar-refractivity contribution is 5.83. The SMILES string of the molecule is CCCCC1O[C-](CCc2ccc(O)c(OC[C@H](NC)C3=C[C+](C(C)C)C=N3)c2)C=C1CO. The summed E-state index contributed by atoms with van der Waals surface area (Å²) in [5, 5.41) is 23.2. The Morgan fingerprint density at radius 2 is 2.15 bits per heavy atom. The Morgan fingerprint density at radius 3 is 2.82 bits per heavy atom. The molecule has 2 heterocycles. The van der Waals surface area contributed by atoms with Crippen molar-refractivity contribution in [2.45, 2.75) is 65.0 Å². The van der Waals surface area contributed by atoms with E-state index in [-0.39, 0.29) is 24.5 Å². The van der Waals surface area contributed by atoms with E-state index in [1.165, 1.54) is 5.92 Å². The normalized spacial score (nSPS) is 18.8. The number of aromatic hydroxyl groups is 1. The number of allylic oxidation sites excluding steroid dienone is 1. The number of hydrogen-bond donors (Lipinski definition) is 3. The van der Waals surface area contributed by atoms with Gasteiger partial charge in [0.25, 0.3) is 0 Å². The van der Waals surface area contributed by atoms with Crippen LogP contribution in [0.1, 0.15) is 52.0 Å². The second kappa shape index (κ2) is 12.2. The first-order valence-electron chi connectivity index (χ1n) is 12.0. The fraction of sp³-hybridized carbons (Fsp3) is 0.519. The Morgan fingerprint density at radius 1 is 1.33 bits per heavy atom. The van der Waals surface area contributed by atoms with Gasteiger partial charge in [-0.2, -0.15) is 11.6 Å². The third kappa shape index (κ3) is 6.79. The lowest BCUT2D eigenvalue weighted by atomic mass is 9.97. The second-order valence-electron chi connectivity index (χ2n) is 9.03. The van der Waals surface area contributed by atoms with Crippen LogP contribution in [0, 0.1) is 17.9 Å². The Balaban J connectivity index is 1.56. The zero-order valence-electron chi connectivity index (χ0n) is 20.3. The minimum Gasteiger partial charge on any atom is -0.504 e. The molecule has 1 aromatic rings. The van der Waals surface area contributed by atoms with Gasteiger partial charge in [-0.25, -0.2) is 0 Å². The number of phenols is 1. The zero-order valence-corrected chi connectivity index (χ0v) is 20.3. The molecule has 1 unspecified atom stereocenters. The summed E-state index contributed by atoms with van der Waals surface area (Å²) in [5.41, 5.74) is 2.97. The molecule has 180 valence electrons. The van der Waals surface area contributed by atoms with Gasteiger partial charge < -0.3 is 19.7 Å². The second-order valence-corrected chi connectivity index (χ2v) is 9.03. The molecule has 33 heavy (non-hydrogen) atoms. The number of likely N-dealkylation sites (N-methyl/N-ethyl adjacent to an activating group) is 1. The summed E-state index contributed by atoms with van der Waals surface area (Å²) in [5.74, 6) is 2.22. The number of nitrogens with one attached hydrogen (secondary N) is 1. The maximum absolute atomic E-state index is 10.3. The fourth-order valence-corrected chi connectivity index (χ4v) is 3.99. The molecule has 6 heteroatoms. The van der Waals surface area contributed by atoms with Gasteiger partial charge >= 0.3 is 0 Å². The highest BCUT2D eigenvalue weighted by Crippen LogP contribution is 2.33. The number of rotatable bonds is 13. The zero-order chi connectivity index (χ0) is 23.8. The van der Waals surface area contributed by atoms with Crippen molar-refractivity contribution in [3.63, 3.8) is 0 Å². The van der Waals surface area contributed by atoms with Gasteiger partial charge in [0.15, 0.2) is 23.2 Å². The van der Waals surface area contributed by atoms with Crippen molar-refractivity contribution in [1.29, 1.82) is 0 Å². The molecule has 3 rings (SSSR count). The molecule has 0 amide bonds. The highest BCUT2D eigenvalue weighted by atomic mass is 16.5. The number of nitrogens with zero attached hydrogens (tertiary/aromatic N) is 1. The molecule has 3 N–H and O–H groups in total. The van der Waals surface area contributed by atoms with E-state index in [1.807, 2.05) is 31.5 Å². The smallest absolute Gasteiger partial charge is 0.196 e. The molecule has 2 aliphatic heterocycles. The van der Waals surface area contributed by atoms with Crippen molar-refractivity contribution in [2.24, 2.45) is 10.9 Å². The Hall–Kier alpha value is -2.41. The van der Waals surface area contributed by atoms with Crippen LogP contribution in [0.25, 0.3) is 0 Å². The van der Waals surface area contributed by atoms with Crippen molar-refractivity contribution in [1.82, 2.24) is 5.32 Å². The quantitative estimate of drug-likeness (QED) is 0.382. The average Bonchev–Trinajstić information content (AvgIpc) is 3.45. The van der Waals surface area contributed by atoms with E-state index in [1.54, 1.807) is 6.07 Å². The van der Waals surface area contributed by atoms with Gasteiger partial charge in [-0.15, -0.1) is 4.99 Å². The standard InChI is InChI=1S/C27H38N2O4/c1-5-6-7-26-21(16-30)13-22(33-26)10-8-19-9-11-25(31)27(12-19)32-17-24(28-4)23-14-20(15-29-23)18(2)3/h9,11-15,18,24,26,28,30-31H,5-8,10,16-17H2,1-4H3/t24-,26?/m0/s1. The molecular formula is C27H38N2O4. The number of aliphatic hydroxyl groups excluding tert-OH is 1. The van der Waals surface area contributed by atoms with Crippen molar-refractivity contribution in [2.75, 3.05) is 20.3 Å². The molecule has 0 fully saturated rings. The van der Waals surface area contributed by atoms with Crippen molar-refractivity contribution in [3.05, 3.63) is 59.2 Å². The molecule has 0 aromatic heterocycles. The van der Waals surface area contributed by atoms with E-state index in [4.69, 9.17) is 9.47 Å².